The second-order valence-electron chi connectivity index (χ2n) is 15.9. The van der Waals surface area contributed by atoms with Gasteiger partial charge in [-0.25, -0.2) is 0 Å². The van der Waals surface area contributed by atoms with Crippen LogP contribution in [0.25, 0.3) is 0 Å². The molecule has 0 amide bonds. The molecule has 0 bridgehead atoms. The Labute approximate surface area is 325 Å². The average molecular weight is 731 g/mol. The number of thioether (sulfide) groups is 2. The topological polar surface area (TPSA) is 0 Å². The molecule has 0 aromatic heterocycles. The van der Waals surface area contributed by atoms with Gasteiger partial charge in [-0.15, -0.1) is 23.5 Å². The van der Waals surface area contributed by atoms with Crippen molar-refractivity contribution in [3.05, 3.63) is 23.8 Å². The predicted octanol–water partition coefficient (Wildman–Crippen LogP) is 18.5. The second-order valence-corrected chi connectivity index (χ2v) is 18.3. The summed E-state index contributed by atoms with van der Waals surface area (Å²) < 4.78 is 0. The number of unbranched alkanes of at least 4 members (excludes halogenated alkanes) is 33. The molecular formula is C48H90S2. The van der Waals surface area contributed by atoms with Crippen molar-refractivity contribution < 1.29 is 0 Å². The minimum absolute atomic E-state index is 1.25. The van der Waals surface area contributed by atoms with Crippen LogP contribution in [-0.4, -0.2) is 11.5 Å². The maximum absolute atomic E-state index is 2.51. The maximum atomic E-state index is 2.51. The summed E-state index contributed by atoms with van der Waals surface area (Å²) in [4.78, 5) is 3.06. The molecule has 0 unspecified atom stereocenters. The normalized spacial score (nSPS) is 11.6. The SMILES string of the molecule is CCCCCCCCCCCCCCCCCCCSc1cc(CCCC)cc(SCCCCCCCCCCCCCCCCCCC)c1. The second kappa shape index (κ2) is 40.1. The lowest BCUT2D eigenvalue weighted by atomic mass is 10.0. The van der Waals surface area contributed by atoms with Crippen molar-refractivity contribution in [1.29, 1.82) is 0 Å². The summed E-state index contributed by atoms with van der Waals surface area (Å²) in [5, 5.41) is 0. The van der Waals surface area contributed by atoms with Gasteiger partial charge in [-0.3, -0.25) is 0 Å². The van der Waals surface area contributed by atoms with Crippen LogP contribution in [0.4, 0.5) is 0 Å². The third-order valence-electron chi connectivity index (χ3n) is 10.8. The molecular weight excluding hydrogens is 641 g/mol. The molecule has 0 saturated heterocycles. The summed E-state index contributed by atoms with van der Waals surface area (Å²) >= 11 is 4.24. The highest BCUT2D eigenvalue weighted by Gasteiger charge is 2.05. The van der Waals surface area contributed by atoms with Gasteiger partial charge < -0.3 is 0 Å². The average Bonchev–Trinajstić information content (AvgIpc) is 3.13. The van der Waals surface area contributed by atoms with Crippen LogP contribution in [-0.2, 0) is 6.42 Å². The highest BCUT2D eigenvalue weighted by atomic mass is 32.2. The zero-order valence-electron chi connectivity index (χ0n) is 34.6. The van der Waals surface area contributed by atoms with E-state index in [0.717, 1.165) is 0 Å². The van der Waals surface area contributed by atoms with E-state index in [9.17, 15) is 0 Å². The number of aryl methyl sites for hydroxylation is 1. The van der Waals surface area contributed by atoms with Gasteiger partial charge in [0.2, 0.25) is 0 Å². The molecule has 0 atom stereocenters. The highest BCUT2D eigenvalue weighted by molar-refractivity contribution is 8.00. The van der Waals surface area contributed by atoms with Gasteiger partial charge in [0.05, 0.1) is 0 Å². The van der Waals surface area contributed by atoms with Crippen LogP contribution in [0, 0.1) is 0 Å². The van der Waals surface area contributed by atoms with Crippen LogP contribution in [0.15, 0.2) is 28.0 Å². The van der Waals surface area contributed by atoms with E-state index in [-0.39, 0.29) is 0 Å². The Morgan fingerprint density at radius 2 is 0.520 bits per heavy atom. The number of rotatable bonds is 41. The summed E-state index contributed by atoms with van der Waals surface area (Å²) in [6.45, 7) is 6.94. The van der Waals surface area contributed by atoms with Crippen LogP contribution in [0.3, 0.4) is 0 Å². The van der Waals surface area contributed by atoms with E-state index in [0.29, 0.717) is 0 Å². The summed E-state index contributed by atoms with van der Waals surface area (Å²) in [5.74, 6) is 2.58. The van der Waals surface area contributed by atoms with Gasteiger partial charge in [0.1, 0.15) is 0 Å². The molecule has 0 aliphatic rings. The molecule has 294 valence electrons. The van der Waals surface area contributed by atoms with E-state index < -0.39 is 0 Å². The van der Waals surface area contributed by atoms with Crippen molar-refractivity contribution >= 4 is 23.5 Å². The molecule has 1 rings (SSSR count). The van der Waals surface area contributed by atoms with Crippen molar-refractivity contribution in [2.75, 3.05) is 11.5 Å². The first kappa shape index (κ1) is 47.9. The Bertz CT molecular complexity index is 730. The standard InChI is InChI=1S/C48H90S2/c1-4-7-10-12-14-16-18-20-22-24-26-28-30-32-34-36-38-41-49-47-43-46(40-9-6-3)44-48(45-47)50-42-39-37-35-33-31-29-27-25-23-21-19-17-15-13-11-8-5-2/h43-45H,4-42H2,1-3H3. The summed E-state index contributed by atoms with van der Waals surface area (Å²) in [7, 11) is 0. The number of hydrogen-bond acceptors (Lipinski definition) is 2. The van der Waals surface area contributed by atoms with E-state index in [1.165, 1.54) is 259 Å². The molecule has 1 aromatic rings. The molecule has 0 aliphatic heterocycles. The Hall–Kier alpha value is -0.0800. The molecule has 0 radical (unpaired) electrons. The largest absolute Gasteiger partial charge is 0.126 e. The molecule has 0 aliphatic carbocycles. The van der Waals surface area contributed by atoms with E-state index in [1.807, 2.05) is 0 Å². The van der Waals surface area contributed by atoms with Crippen molar-refractivity contribution in [3.63, 3.8) is 0 Å². The molecule has 2 heteroatoms. The van der Waals surface area contributed by atoms with Crippen molar-refractivity contribution in [1.82, 2.24) is 0 Å². The zero-order chi connectivity index (χ0) is 35.8. The fraction of sp³-hybridized carbons (Fsp3) is 0.875. The third kappa shape index (κ3) is 33.7. The van der Waals surface area contributed by atoms with Crippen molar-refractivity contribution in [2.24, 2.45) is 0 Å². The van der Waals surface area contributed by atoms with E-state index in [4.69, 9.17) is 0 Å². The van der Waals surface area contributed by atoms with Gasteiger partial charge in [0.15, 0.2) is 0 Å². The molecule has 1 aromatic carbocycles. The lowest BCUT2D eigenvalue weighted by Crippen LogP contribution is -1.90. The van der Waals surface area contributed by atoms with Gasteiger partial charge in [-0.05, 0) is 61.0 Å². The molecule has 0 fully saturated rings. The Morgan fingerprint density at radius 1 is 0.280 bits per heavy atom. The first-order valence-corrected chi connectivity index (χ1v) is 25.2. The third-order valence-corrected chi connectivity index (χ3v) is 12.9. The monoisotopic (exact) mass is 731 g/mol. The quantitative estimate of drug-likeness (QED) is 0.0486. The molecule has 0 spiro atoms. The summed E-state index contributed by atoms with van der Waals surface area (Å²) in [6.07, 6.45) is 53.2. The highest BCUT2D eigenvalue weighted by Crippen LogP contribution is 2.30. The van der Waals surface area contributed by atoms with Gasteiger partial charge in [-0.2, -0.15) is 0 Å². The van der Waals surface area contributed by atoms with E-state index in [1.54, 1.807) is 5.56 Å². The molecule has 0 N–H and O–H groups in total. The molecule has 50 heavy (non-hydrogen) atoms. The first-order chi connectivity index (χ1) is 24.8. The van der Waals surface area contributed by atoms with Crippen LogP contribution in [0.5, 0.6) is 0 Å². The molecule has 0 nitrogen and oxygen atoms in total. The van der Waals surface area contributed by atoms with Crippen LogP contribution in [0.1, 0.15) is 257 Å². The molecule has 0 heterocycles. The predicted molar refractivity (Wildman–Crippen MR) is 235 cm³/mol. The fourth-order valence-electron chi connectivity index (χ4n) is 7.36. The lowest BCUT2D eigenvalue weighted by Gasteiger charge is -2.10. The summed E-state index contributed by atoms with van der Waals surface area (Å²) in [5.41, 5.74) is 1.57. The zero-order valence-corrected chi connectivity index (χ0v) is 36.3. The smallest absolute Gasteiger partial charge is 0.00858 e. The van der Waals surface area contributed by atoms with Crippen LogP contribution in [0.2, 0.25) is 0 Å². The van der Waals surface area contributed by atoms with Crippen LogP contribution >= 0.6 is 23.5 Å². The first-order valence-electron chi connectivity index (χ1n) is 23.2. The summed E-state index contributed by atoms with van der Waals surface area (Å²) in [6, 6.07) is 7.52. The fourth-order valence-corrected chi connectivity index (χ4v) is 9.49. The Morgan fingerprint density at radius 3 is 0.780 bits per heavy atom. The lowest BCUT2D eigenvalue weighted by molar-refractivity contribution is 0.529. The van der Waals surface area contributed by atoms with Gasteiger partial charge in [-0.1, -0.05) is 233 Å². The Balaban J connectivity index is 2.02. The minimum Gasteiger partial charge on any atom is -0.126 e. The van der Waals surface area contributed by atoms with Gasteiger partial charge in [0.25, 0.3) is 0 Å². The van der Waals surface area contributed by atoms with Crippen molar-refractivity contribution in [2.45, 2.75) is 268 Å². The van der Waals surface area contributed by atoms with Crippen molar-refractivity contribution in [3.8, 4) is 0 Å². The molecule has 0 saturated carbocycles. The number of benzene rings is 1. The minimum atomic E-state index is 1.25. The van der Waals surface area contributed by atoms with Gasteiger partial charge >= 0.3 is 0 Å². The Kier molecular flexibility index (Phi) is 38.5. The number of hydrogen-bond donors (Lipinski definition) is 0. The van der Waals surface area contributed by atoms with E-state index >= 15 is 0 Å². The van der Waals surface area contributed by atoms with E-state index in [2.05, 4.69) is 62.5 Å². The maximum Gasteiger partial charge on any atom is 0.00858 e. The van der Waals surface area contributed by atoms with Crippen LogP contribution < -0.4 is 0 Å². The van der Waals surface area contributed by atoms with Gasteiger partial charge in [0, 0.05) is 9.79 Å².